The van der Waals surface area contributed by atoms with Crippen LogP contribution in [-0.4, -0.2) is 24.2 Å². The van der Waals surface area contributed by atoms with Gasteiger partial charge in [0.1, 0.15) is 0 Å². The van der Waals surface area contributed by atoms with Crippen molar-refractivity contribution >= 4 is 17.0 Å². The molecule has 1 aromatic carbocycles. The summed E-state index contributed by atoms with van der Waals surface area (Å²) >= 11 is 1.35. The molecule has 0 bridgehead atoms. The van der Waals surface area contributed by atoms with Gasteiger partial charge < -0.3 is 4.90 Å². The highest BCUT2D eigenvalue weighted by Crippen LogP contribution is 2.40. The number of amides is 1. The van der Waals surface area contributed by atoms with E-state index in [1.807, 2.05) is 0 Å². The van der Waals surface area contributed by atoms with Crippen molar-refractivity contribution in [1.82, 2.24) is 4.90 Å². The molecule has 0 spiro atoms. The predicted octanol–water partition coefficient (Wildman–Crippen LogP) is 5.06. The Morgan fingerprint density at radius 1 is 0.950 bits per heavy atom. The van der Waals surface area contributed by atoms with Crippen LogP contribution in [0.1, 0.15) is 52.7 Å². The Kier molecular flexibility index (Phi) is 4.96. The van der Waals surface area contributed by atoms with Crippen LogP contribution in [0.4, 0.5) is 4.79 Å². The van der Waals surface area contributed by atoms with Crippen molar-refractivity contribution in [3.8, 4) is 0 Å². The van der Waals surface area contributed by atoms with Gasteiger partial charge >= 0.3 is 0 Å². The molecule has 0 aliphatic carbocycles. The summed E-state index contributed by atoms with van der Waals surface area (Å²) in [5.74, 6) is 0. The first-order valence-corrected chi connectivity index (χ1v) is 7.79. The lowest BCUT2D eigenvalue weighted by molar-refractivity contribution is 0.241. The van der Waals surface area contributed by atoms with Crippen LogP contribution in [-0.2, 0) is 10.8 Å². The van der Waals surface area contributed by atoms with Crippen molar-refractivity contribution in [1.29, 1.82) is 0 Å². The van der Waals surface area contributed by atoms with Crippen LogP contribution >= 0.6 is 11.8 Å². The van der Waals surface area contributed by atoms with Gasteiger partial charge in [-0.25, -0.2) is 0 Å². The minimum absolute atomic E-state index is 0.0240. The molecule has 0 atom stereocenters. The average molecular weight is 293 g/mol. The van der Waals surface area contributed by atoms with Gasteiger partial charge in [-0.15, -0.1) is 0 Å². The molecule has 0 fully saturated rings. The van der Waals surface area contributed by atoms with Crippen LogP contribution in [0.15, 0.2) is 23.1 Å². The number of carbonyl (C=O) groups excluding carboxylic acids is 1. The van der Waals surface area contributed by atoms with Crippen molar-refractivity contribution in [2.45, 2.75) is 57.3 Å². The Morgan fingerprint density at radius 3 is 1.65 bits per heavy atom. The minimum Gasteiger partial charge on any atom is -0.339 e. The van der Waals surface area contributed by atoms with Gasteiger partial charge in [-0.2, -0.15) is 0 Å². The number of hydrogen-bond acceptors (Lipinski definition) is 2. The van der Waals surface area contributed by atoms with Crippen LogP contribution in [0.2, 0.25) is 0 Å². The molecule has 1 aromatic rings. The number of thioether (sulfide) groups is 1. The van der Waals surface area contributed by atoms with E-state index in [9.17, 15) is 4.79 Å². The highest BCUT2D eigenvalue weighted by Gasteiger charge is 2.27. The molecule has 0 aliphatic heterocycles. The smallest absolute Gasteiger partial charge is 0.285 e. The fraction of sp³-hybridized carbons (Fsp3) is 0.588. The summed E-state index contributed by atoms with van der Waals surface area (Å²) in [5, 5.41) is 0.0761. The second-order valence-electron chi connectivity index (χ2n) is 7.44. The molecule has 20 heavy (non-hydrogen) atoms. The number of nitrogens with zero attached hydrogens (tertiary/aromatic N) is 1. The second-order valence-corrected chi connectivity index (χ2v) is 8.41. The van der Waals surface area contributed by atoms with Gasteiger partial charge in [-0.3, -0.25) is 4.79 Å². The Balaban J connectivity index is 3.45. The fourth-order valence-corrected chi connectivity index (χ4v) is 3.33. The van der Waals surface area contributed by atoms with Gasteiger partial charge in [0.25, 0.3) is 5.24 Å². The highest BCUT2D eigenvalue weighted by molar-refractivity contribution is 8.13. The zero-order chi connectivity index (χ0) is 15.7. The van der Waals surface area contributed by atoms with Gasteiger partial charge in [0.2, 0.25) is 0 Å². The fourth-order valence-electron chi connectivity index (χ4n) is 2.01. The maximum absolute atomic E-state index is 12.2. The van der Waals surface area contributed by atoms with E-state index in [0.29, 0.717) is 0 Å². The van der Waals surface area contributed by atoms with E-state index in [-0.39, 0.29) is 16.1 Å². The first-order valence-electron chi connectivity index (χ1n) is 6.97. The summed E-state index contributed by atoms with van der Waals surface area (Å²) < 4.78 is 0. The molecular formula is C17H27NOS. The molecule has 0 saturated heterocycles. The Morgan fingerprint density at radius 2 is 1.35 bits per heavy atom. The molecule has 1 rings (SSSR count). The third-order valence-corrected chi connectivity index (χ3v) is 4.37. The monoisotopic (exact) mass is 293 g/mol. The van der Waals surface area contributed by atoms with E-state index in [1.54, 1.807) is 19.0 Å². The van der Waals surface area contributed by atoms with Crippen molar-refractivity contribution in [3.05, 3.63) is 29.3 Å². The lowest BCUT2D eigenvalue weighted by Gasteiger charge is -2.29. The SMILES string of the molecule is CN(C)C(=O)Sc1c(C(C)(C)C)cccc1C(C)(C)C. The maximum Gasteiger partial charge on any atom is 0.285 e. The lowest BCUT2D eigenvalue weighted by Crippen LogP contribution is -2.22. The Labute approximate surface area is 127 Å². The van der Waals surface area contributed by atoms with Crippen molar-refractivity contribution in [2.24, 2.45) is 0 Å². The summed E-state index contributed by atoms with van der Waals surface area (Å²) in [6, 6.07) is 6.38. The number of rotatable bonds is 1. The molecule has 0 heterocycles. The first-order chi connectivity index (χ1) is 8.94. The zero-order valence-electron chi connectivity index (χ0n) is 14.0. The van der Waals surface area contributed by atoms with E-state index < -0.39 is 0 Å². The number of hydrogen-bond donors (Lipinski definition) is 0. The second kappa shape index (κ2) is 5.80. The molecule has 2 nitrogen and oxygen atoms in total. The van der Waals surface area contributed by atoms with Crippen molar-refractivity contribution < 1.29 is 4.79 Å². The van der Waals surface area contributed by atoms with Crippen LogP contribution in [0.3, 0.4) is 0 Å². The third-order valence-electron chi connectivity index (χ3n) is 3.19. The largest absolute Gasteiger partial charge is 0.339 e. The van der Waals surface area contributed by atoms with Crippen molar-refractivity contribution in [2.75, 3.05) is 14.1 Å². The molecule has 0 radical (unpaired) electrons. The van der Waals surface area contributed by atoms with Gasteiger partial charge in [-0.1, -0.05) is 59.7 Å². The molecule has 0 aromatic heterocycles. The third kappa shape index (κ3) is 4.02. The lowest BCUT2D eigenvalue weighted by atomic mass is 9.80. The summed E-state index contributed by atoms with van der Waals surface area (Å²) in [5.41, 5.74) is 2.53. The van der Waals surface area contributed by atoms with Crippen LogP contribution in [0.25, 0.3) is 0 Å². The van der Waals surface area contributed by atoms with Gasteiger partial charge in [0.05, 0.1) is 0 Å². The van der Waals surface area contributed by atoms with Gasteiger partial charge in [0.15, 0.2) is 0 Å². The summed E-state index contributed by atoms with van der Waals surface area (Å²) in [6.45, 7) is 13.2. The number of benzene rings is 1. The molecular weight excluding hydrogens is 266 g/mol. The quantitative estimate of drug-likeness (QED) is 0.675. The highest BCUT2D eigenvalue weighted by atomic mass is 32.2. The summed E-state index contributed by atoms with van der Waals surface area (Å²) in [6.07, 6.45) is 0. The van der Waals surface area contributed by atoms with Gasteiger partial charge in [-0.05, 0) is 33.7 Å². The maximum atomic E-state index is 12.2. The van der Waals surface area contributed by atoms with Crippen LogP contribution < -0.4 is 0 Å². The summed E-state index contributed by atoms with van der Waals surface area (Å²) in [4.78, 5) is 14.9. The van der Waals surface area contributed by atoms with Crippen LogP contribution in [0.5, 0.6) is 0 Å². The molecule has 112 valence electrons. The average Bonchev–Trinajstić information content (AvgIpc) is 2.25. The molecule has 3 heteroatoms. The van der Waals surface area contributed by atoms with E-state index >= 15 is 0 Å². The van der Waals surface area contributed by atoms with E-state index in [1.165, 1.54) is 22.9 Å². The van der Waals surface area contributed by atoms with Gasteiger partial charge in [0, 0.05) is 19.0 Å². The topological polar surface area (TPSA) is 20.3 Å². The Bertz CT molecular complexity index is 460. The molecule has 0 unspecified atom stereocenters. The standard InChI is InChI=1S/C17H27NOS/c1-16(2,3)12-10-9-11-13(17(4,5)6)14(12)20-15(19)18(7)8/h9-11H,1-8H3. The molecule has 0 aliphatic rings. The van der Waals surface area contributed by atoms with Crippen molar-refractivity contribution in [3.63, 3.8) is 0 Å². The Hall–Kier alpha value is -0.960. The molecule has 1 amide bonds. The minimum atomic E-state index is 0.0240. The molecule has 0 saturated carbocycles. The van der Waals surface area contributed by atoms with Crippen LogP contribution in [0, 0.1) is 0 Å². The first kappa shape index (κ1) is 17.1. The van der Waals surface area contributed by atoms with E-state index in [0.717, 1.165) is 4.90 Å². The normalized spacial score (nSPS) is 12.4. The summed E-state index contributed by atoms with van der Waals surface area (Å²) in [7, 11) is 3.59. The number of carbonyl (C=O) groups is 1. The predicted molar refractivity (Wildman–Crippen MR) is 88.8 cm³/mol. The van der Waals surface area contributed by atoms with E-state index in [4.69, 9.17) is 0 Å². The molecule has 0 N–H and O–H groups in total. The van der Waals surface area contributed by atoms with E-state index in [2.05, 4.69) is 59.7 Å². The zero-order valence-corrected chi connectivity index (χ0v) is 14.8.